The average Bonchev–Trinajstić information content (AvgIpc) is 2.23. The van der Waals surface area contributed by atoms with Crippen LogP contribution in [-0.4, -0.2) is 37.2 Å². The van der Waals surface area contributed by atoms with Crippen LogP contribution < -0.4 is 9.80 Å². The maximum Gasteiger partial charge on any atom is 0.155 e. The molecular weight excluding hydrogens is 188 g/mol. The normalized spacial score (nSPS) is 15.8. The van der Waals surface area contributed by atoms with Crippen LogP contribution in [0.25, 0.3) is 0 Å². The molecule has 2 rings (SSSR count). The van der Waals surface area contributed by atoms with Crippen molar-refractivity contribution in [1.82, 2.24) is 9.97 Å². The average molecular weight is 206 g/mol. The van der Waals surface area contributed by atoms with Gasteiger partial charge in [0.25, 0.3) is 0 Å². The Labute approximate surface area is 90.9 Å². The molecule has 0 N–H and O–H groups in total. The second-order valence-corrected chi connectivity index (χ2v) is 4.43. The minimum absolute atomic E-state index is 0.385. The van der Waals surface area contributed by atoms with Crippen LogP contribution in [0.2, 0.25) is 0 Å². The van der Waals surface area contributed by atoms with Crippen molar-refractivity contribution >= 4 is 11.5 Å². The summed E-state index contributed by atoms with van der Waals surface area (Å²) in [5.74, 6) is 2.37. The van der Waals surface area contributed by atoms with Gasteiger partial charge in [0.05, 0.1) is 11.9 Å². The topological polar surface area (TPSA) is 32.3 Å². The minimum Gasteiger partial charge on any atom is -0.369 e. The van der Waals surface area contributed by atoms with E-state index < -0.39 is 0 Å². The summed E-state index contributed by atoms with van der Waals surface area (Å²) in [5, 5.41) is 0. The van der Waals surface area contributed by atoms with Crippen molar-refractivity contribution in [3.05, 3.63) is 12.0 Å². The van der Waals surface area contributed by atoms with Crippen LogP contribution >= 0.6 is 0 Å². The third-order valence-electron chi connectivity index (χ3n) is 2.83. The molecule has 0 fully saturated rings. The number of fused-ring (bicyclic) bond motifs is 1. The van der Waals surface area contributed by atoms with Gasteiger partial charge in [-0.1, -0.05) is 13.8 Å². The molecule has 82 valence electrons. The Balaban J connectivity index is 2.45. The van der Waals surface area contributed by atoms with Gasteiger partial charge in [0.15, 0.2) is 5.82 Å². The molecule has 0 spiro atoms. The number of anilines is 2. The summed E-state index contributed by atoms with van der Waals surface area (Å²) in [6.45, 7) is 6.30. The van der Waals surface area contributed by atoms with Gasteiger partial charge in [-0.3, -0.25) is 0 Å². The fourth-order valence-corrected chi connectivity index (χ4v) is 1.73. The van der Waals surface area contributed by atoms with Crippen molar-refractivity contribution in [3.8, 4) is 0 Å². The molecule has 0 saturated heterocycles. The maximum atomic E-state index is 4.62. The molecular formula is C11H18N4. The van der Waals surface area contributed by atoms with E-state index in [1.54, 1.807) is 0 Å². The molecule has 4 heteroatoms. The van der Waals surface area contributed by atoms with Crippen molar-refractivity contribution in [3.63, 3.8) is 0 Å². The van der Waals surface area contributed by atoms with Crippen molar-refractivity contribution in [1.29, 1.82) is 0 Å². The highest BCUT2D eigenvalue weighted by atomic mass is 15.3. The molecule has 0 unspecified atom stereocenters. The summed E-state index contributed by atoms with van der Waals surface area (Å²) >= 11 is 0. The van der Waals surface area contributed by atoms with E-state index in [1.165, 1.54) is 0 Å². The standard InChI is InChI=1S/C11H18N4/c1-8(2)10-12-7-9-11(13-10)15(4)6-5-14(9)3/h7-8H,5-6H2,1-4H3. The molecule has 1 aromatic rings. The molecule has 0 bridgehead atoms. The van der Waals surface area contributed by atoms with Gasteiger partial charge < -0.3 is 9.80 Å². The Bertz CT molecular complexity index is 362. The minimum atomic E-state index is 0.385. The summed E-state index contributed by atoms with van der Waals surface area (Å²) in [4.78, 5) is 13.4. The Morgan fingerprint density at radius 3 is 2.53 bits per heavy atom. The Morgan fingerprint density at radius 2 is 1.87 bits per heavy atom. The van der Waals surface area contributed by atoms with Crippen molar-refractivity contribution in [2.24, 2.45) is 0 Å². The van der Waals surface area contributed by atoms with Gasteiger partial charge >= 0.3 is 0 Å². The van der Waals surface area contributed by atoms with E-state index >= 15 is 0 Å². The van der Waals surface area contributed by atoms with Crippen molar-refractivity contribution < 1.29 is 0 Å². The third-order valence-corrected chi connectivity index (χ3v) is 2.83. The molecule has 0 aromatic carbocycles. The Morgan fingerprint density at radius 1 is 1.20 bits per heavy atom. The number of hydrogen-bond acceptors (Lipinski definition) is 4. The first kappa shape index (κ1) is 10.2. The number of likely N-dealkylation sites (N-methyl/N-ethyl adjacent to an activating group) is 2. The van der Waals surface area contributed by atoms with Gasteiger partial charge in [-0.15, -0.1) is 0 Å². The molecule has 0 aliphatic carbocycles. The lowest BCUT2D eigenvalue weighted by Gasteiger charge is -2.33. The predicted molar refractivity (Wildman–Crippen MR) is 62.7 cm³/mol. The van der Waals surface area contributed by atoms with E-state index in [-0.39, 0.29) is 0 Å². The zero-order valence-corrected chi connectivity index (χ0v) is 9.86. The lowest BCUT2D eigenvalue weighted by Crippen LogP contribution is -2.37. The second kappa shape index (κ2) is 3.68. The molecule has 0 saturated carbocycles. The highest BCUT2D eigenvalue weighted by Gasteiger charge is 2.20. The Hall–Kier alpha value is -1.32. The lowest BCUT2D eigenvalue weighted by atomic mass is 10.2. The van der Waals surface area contributed by atoms with E-state index in [4.69, 9.17) is 0 Å². The number of hydrogen-bond donors (Lipinski definition) is 0. The first-order valence-corrected chi connectivity index (χ1v) is 5.39. The quantitative estimate of drug-likeness (QED) is 0.697. The first-order chi connectivity index (χ1) is 7.09. The molecule has 0 atom stereocenters. The highest BCUT2D eigenvalue weighted by Crippen LogP contribution is 2.29. The van der Waals surface area contributed by atoms with Gasteiger partial charge in [0, 0.05) is 33.1 Å². The molecule has 0 amide bonds. The predicted octanol–water partition coefficient (Wildman–Crippen LogP) is 1.49. The van der Waals surface area contributed by atoms with E-state index in [0.29, 0.717) is 5.92 Å². The molecule has 0 radical (unpaired) electrons. The number of aromatic nitrogens is 2. The molecule has 1 aliphatic rings. The number of rotatable bonds is 1. The van der Waals surface area contributed by atoms with E-state index in [0.717, 1.165) is 30.4 Å². The van der Waals surface area contributed by atoms with Crippen LogP contribution in [0.5, 0.6) is 0 Å². The van der Waals surface area contributed by atoms with Gasteiger partial charge in [-0.25, -0.2) is 9.97 Å². The van der Waals surface area contributed by atoms with Crippen LogP contribution in [0, 0.1) is 0 Å². The van der Waals surface area contributed by atoms with Gasteiger partial charge in [0.2, 0.25) is 0 Å². The fraction of sp³-hybridized carbons (Fsp3) is 0.636. The smallest absolute Gasteiger partial charge is 0.155 e. The van der Waals surface area contributed by atoms with E-state index in [9.17, 15) is 0 Å². The Kier molecular flexibility index (Phi) is 2.50. The van der Waals surface area contributed by atoms with Gasteiger partial charge in [0.1, 0.15) is 5.82 Å². The summed E-state index contributed by atoms with van der Waals surface area (Å²) in [5.41, 5.74) is 1.13. The molecule has 2 heterocycles. The summed E-state index contributed by atoms with van der Waals surface area (Å²) in [6.07, 6.45) is 1.94. The zero-order valence-electron chi connectivity index (χ0n) is 9.86. The van der Waals surface area contributed by atoms with Crippen LogP contribution in [0.3, 0.4) is 0 Å². The third kappa shape index (κ3) is 1.76. The van der Waals surface area contributed by atoms with Crippen molar-refractivity contribution in [2.45, 2.75) is 19.8 Å². The van der Waals surface area contributed by atoms with E-state index in [1.807, 2.05) is 6.20 Å². The van der Waals surface area contributed by atoms with E-state index in [2.05, 4.69) is 47.7 Å². The van der Waals surface area contributed by atoms with Crippen LogP contribution in [0.15, 0.2) is 6.20 Å². The first-order valence-electron chi connectivity index (χ1n) is 5.39. The fourth-order valence-electron chi connectivity index (χ4n) is 1.73. The molecule has 15 heavy (non-hydrogen) atoms. The molecule has 1 aromatic heterocycles. The van der Waals surface area contributed by atoms with Crippen molar-refractivity contribution in [2.75, 3.05) is 37.0 Å². The lowest BCUT2D eigenvalue weighted by molar-refractivity contribution is 0.731. The summed E-state index contributed by atoms with van der Waals surface area (Å²) in [7, 11) is 4.17. The largest absolute Gasteiger partial charge is 0.369 e. The van der Waals surface area contributed by atoms with Gasteiger partial charge in [-0.05, 0) is 0 Å². The molecule has 1 aliphatic heterocycles. The maximum absolute atomic E-state index is 4.62. The number of nitrogens with zero attached hydrogens (tertiary/aromatic N) is 4. The van der Waals surface area contributed by atoms with Gasteiger partial charge in [-0.2, -0.15) is 0 Å². The zero-order chi connectivity index (χ0) is 11.0. The SMILES string of the molecule is CC(C)c1ncc2c(n1)N(C)CCN2C. The summed E-state index contributed by atoms with van der Waals surface area (Å²) < 4.78 is 0. The monoisotopic (exact) mass is 206 g/mol. The van der Waals surface area contributed by atoms with Crippen LogP contribution in [-0.2, 0) is 0 Å². The molecule has 4 nitrogen and oxygen atoms in total. The summed E-state index contributed by atoms with van der Waals surface area (Å²) in [6, 6.07) is 0. The highest BCUT2D eigenvalue weighted by molar-refractivity contribution is 5.67. The second-order valence-electron chi connectivity index (χ2n) is 4.43. The van der Waals surface area contributed by atoms with Crippen LogP contribution in [0.1, 0.15) is 25.6 Å². The van der Waals surface area contributed by atoms with Crippen LogP contribution in [0.4, 0.5) is 11.5 Å².